The standard InChI is InChI=1S/C51H31N5S/c1-4-17-33(18-5-1)49-52-50(34-19-6-2-7-20-34)54-51(53-49)39-29-31-42(48-44(39)38-25-13-15-27-43(38)57-48)56-41-30-28-32-16-10-11-23-36(32)45(41)47-46(56)37-24-12-14-26-40(37)55(47)35-21-8-3-9-22-35/h1-31H. The summed E-state index contributed by atoms with van der Waals surface area (Å²) in [7, 11) is 0. The van der Waals surface area contributed by atoms with Crippen LogP contribution < -0.4 is 0 Å². The normalized spacial score (nSPS) is 11.9. The van der Waals surface area contributed by atoms with Gasteiger partial charge in [0.05, 0.1) is 32.5 Å². The van der Waals surface area contributed by atoms with Crippen molar-refractivity contribution in [1.82, 2.24) is 24.1 Å². The van der Waals surface area contributed by atoms with Crippen LogP contribution in [0.25, 0.3) is 109 Å². The van der Waals surface area contributed by atoms with Gasteiger partial charge in [0.1, 0.15) is 0 Å². The fourth-order valence-electron chi connectivity index (χ4n) is 8.70. The monoisotopic (exact) mass is 745 g/mol. The van der Waals surface area contributed by atoms with Gasteiger partial charge in [-0.1, -0.05) is 146 Å². The Labute approximate surface area is 331 Å². The van der Waals surface area contributed by atoms with Crippen molar-refractivity contribution in [2.45, 2.75) is 0 Å². The molecular formula is C51H31N5S. The van der Waals surface area contributed by atoms with Crippen LogP contribution in [0, 0.1) is 0 Å². The van der Waals surface area contributed by atoms with Crippen molar-refractivity contribution in [3.63, 3.8) is 0 Å². The zero-order chi connectivity index (χ0) is 37.5. The van der Waals surface area contributed by atoms with E-state index in [2.05, 4.69) is 161 Å². The van der Waals surface area contributed by atoms with Crippen molar-refractivity contribution >= 4 is 75.1 Å². The Balaban J connectivity index is 1.22. The number of nitrogens with zero attached hydrogens (tertiary/aromatic N) is 5. The summed E-state index contributed by atoms with van der Waals surface area (Å²) in [6.07, 6.45) is 0. The van der Waals surface area contributed by atoms with Crippen molar-refractivity contribution in [3.8, 4) is 45.5 Å². The highest BCUT2D eigenvalue weighted by Crippen LogP contribution is 2.48. The van der Waals surface area contributed by atoms with E-state index in [9.17, 15) is 0 Å². The lowest BCUT2D eigenvalue weighted by Crippen LogP contribution is -2.01. The third-order valence-corrected chi connectivity index (χ3v) is 12.4. The van der Waals surface area contributed by atoms with Gasteiger partial charge in [-0.2, -0.15) is 0 Å². The van der Waals surface area contributed by atoms with Crippen LogP contribution >= 0.6 is 11.3 Å². The van der Waals surface area contributed by atoms with E-state index in [-0.39, 0.29) is 0 Å². The predicted octanol–water partition coefficient (Wildman–Crippen LogP) is 13.4. The van der Waals surface area contributed by atoms with Crippen molar-refractivity contribution in [3.05, 3.63) is 188 Å². The van der Waals surface area contributed by atoms with Gasteiger partial charge in [0.25, 0.3) is 0 Å². The summed E-state index contributed by atoms with van der Waals surface area (Å²) in [5.74, 6) is 1.95. The van der Waals surface area contributed by atoms with Gasteiger partial charge in [0.2, 0.25) is 0 Å². The molecule has 0 unspecified atom stereocenters. The molecular weight excluding hydrogens is 715 g/mol. The number of hydrogen-bond donors (Lipinski definition) is 0. The van der Waals surface area contributed by atoms with Crippen molar-refractivity contribution in [2.75, 3.05) is 0 Å². The lowest BCUT2D eigenvalue weighted by molar-refractivity contribution is 1.08. The Kier molecular flexibility index (Phi) is 7.03. The Morgan fingerprint density at radius 2 is 0.982 bits per heavy atom. The van der Waals surface area contributed by atoms with E-state index in [4.69, 9.17) is 15.0 Å². The van der Waals surface area contributed by atoms with Crippen molar-refractivity contribution in [1.29, 1.82) is 0 Å². The minimum atomic E-state index is 0.648. The maximum absolute atomic E-state index is 5.21. The third-order valence-electron chi connectivity index (χ3n) is 11.2. The molecule has 0 spiro atoms. The van der Waals surface area contributed by atoms with Gasteiger partial charge < -0.3 is 9.13 Å². The van der Waals surface area contributed by atoms with Gasteiger partial charge in [-0.3, -0.25) is 0 Å². The summed E-state index contributed by atoms with van der Waals surface area (Å²) in [4.78, 5) is 15.4. The number of fused-ring (bicyclic) bond motifs is 10. The van der Waals surface area contributed by atoms with E-state index in [0.717, 1.165) is 33.5 Å². The summed E-state index contributed by atoms with van der Waals surface area (Å²) in [5.41, 5.74) is 9.86. The molecule has 0 aliphatic rings. The molecule has 0 atom stereocenters. The summed E-state index contributed by atoms with van der Waals surface area (Å²) in [6, 6.07) is 66.5. The quantitative estimate of drug-likeness (QED) is 0.176. The first-order valence-electron chi connectivity index (χ1n) is 19.1. The molecule has 4 aromatic heterocycles. The van der Waals surface area contributed by atoms with E-state index in [0.29, 0.717) is 17.5 Å². The van der Waals surface area contributed by atoms with Crippen LogP contribution in [0.3, 0.4) is 0 Å². The van der Waals surface area contributed by atoms with Gasteiger partial charge in [-0.15, -0.1) is 11.3 Å². The van der Waals surface area contributed by atoms with Gasteiger partial charge in [0.15, 0.2) is 17.5 Å². The van der Waals surface area contributed by atoms with Crippen LogP contribution in [0.2, 0.25) is 0 Å². The summed E-state index contributed by atoms with van der Waals surface area (Å²) in [5, 5.41) is 7.21. The topological polar surface area (TPSA) is 48.5 Å². The number of para-hydroxylation sites is 2. The highest BCUT2D eigenvalue weighted by molar-refractivity contribution is 7.26. The molecule has 0 aliphatic heterocycles. The fraction of sp³-hybridized carbons (Fsp3) is 0. The summed E-state index contributed by atoms with van der Waals surface area (Å²) >= 11 is 1.83. The van der Waals surface area contributed by atoms with E-state index in [1.807, 2.05) is 47.7 Å². The molecule has 0 saturated heterocycles. The molecule has 0 fully saturated rings. The Morgan fingerprint density at radius 3 is 1.72 bits per heavy atom. The minimum absolute atomic E-state index is 0.648. The molecule has 0 saturated carbocycles. The first kappa shape index (κ1) is 31.9. The maximum Gasteiger partial charge on any atom is 0.164 e. The second-order valence-electron chi connectivity index (χ2n) is 14.4. The third kappa shape index (κ3) is 4.84. The minimum Gasteiger partial charge on any atom is -0.307 e. The number of rotatable bonds is 5. The average molecular weight is 746 g/mol. The zero-order valence-electron chi connectivity index (χ0n) is 30.5. The molecule has 0 amide bonds. The maximum atomic E-state index is 5.21. The molecule has 12 aromatic rings. The molecule has 57 heavy (non-hydrogen) atoms. The molecule has 12 rings (SSSR count). The Hall–Kier alpha value is -7.41. The highest BCUT2D eigenvalue weighted by Gasteiger charge is 2.26. The molecule has 5 nitrogen and oxygen atoms in total. The van der Waals surface area contributed by atoms with Gasteiger partial charge >= 0.3 is 0 Å². The zero-order valence-corrected chi connectivity index (χ0v) is 31.4. The summed E-state index contributed by atoms with van der Waals surface area (Å²) in [6.45, 7) is 0. The fourth-order valence-corrected chi connectivity index (χ4v) is 9.93. The van der Waals surface area contributed by atoms with Gasteiger partial charge in [0, 0.05) is 48.6 Å². The number of hydrogen-bond acceptors (Lipinski definition) is 4. The second-order valence-corrected chi connectivity index (χ2v) is 15.4. The predicted molar refractivity (Wildman–Crippen MR) is 238 cm³/mol. The van der Waals surface area contributed by atoms with Gasteiger partial charge in [-0.25, -0.2) is 15.0 Å². The second kappa shape index (κ2) is 12.6. The molecule has 4 heterocycles. The molecule has 6 heteroatoms. The average Bonchev–Trinajstić information content (AvgIpc) is 3.95. The molecule has 0 aliphatic carbocycles. The Morgan fingerprint density at radius 1 is 0.386 bits per heavy atom. The summed E-state index contributed by atoms with van der Waals surface area (Å²) < 4.78 is 7.36. The van der Waals surface area contributed by atoms with Gasteiger partial charge in [-0.05, 0) is 53.2 Å². The first-order valence-corrected chi connectivity index (χ1v) is 19.9. The Bertz CT molecular complexity index is 3450. The lowest BCUT2D eigenvalue weighted by Gasteiger charge is -2.13. The largest absolute Gasteiger partial charge is 0.307 e. The van der Waals surface area contributed by atoms with Crippen LogP contribution in [0.15, 0.2) is 188 Å². The van der Waals surface area contributed by atoms with E-state index < -0.39 is 0 Å². The number of aromatic nitrogens is 5. The van der Waals surface area contributed by atoms with Crippen LogP contribution in [0.4, 0.5) is 0 Å². The molecule has 266 valence electrons. The SMILES string of the molecule is c1ccc(-c2nc(-c3ccccc3)nc(-c3ccc(-n4c5ccc6ccccc6c5c5c4c4ccccc4n5-c4ccccc4)c4sc5ccccc5c34)n2)cc1. The van der Waals surface area contributed by atoms with E-state index in [1.54, 1.807) is 0 Å². The van der Waals surface area contributed by atoms with Crippen LogP contribution in [-0.2, 0) is 0 Å². The molecule has 0 bridgehead atoms. The van der Waals surface area contributed by atoms with Crippen LogP contribution in [-0.4, -0.2) is 24.1 Å². The van der Waals surface area contributed by atoms with Crippen LogP contribution in [0.5, 0.6) is 0 Å². The van der Waals surface area contributed by atoms with E-state index in [1.165, 1.54) is 58.4 Å². The van der Waals surface area contributed by atoms with E-state index >= 15 is 0 Å². The number of thiophene rings is 1. The molecule has 0 radical (unpaired) electrons. The van der Waals surface area contributed by atoms with Crippen molar-refractivity contribution < 1.29 is 0 Å². The molecule has 0 N–H and O–H groups in total. The molecule has 8 aromatic carbocycles. The smallest absolute Gasteiger partial charge is 0.164 e. The lowest BCUT2D eigenvalue weighted by atomic mass is 10.0. The van der Waals surface area contributed by atoms with Crippen molar-refractivity contribution in [2.24, 2.45) is 0 Å². The van der Waals surface area contributed by atoms with Crippen LogP contribution in [0.1, 0.15) is 0 Å². The first-order chi connectivity index (χ1) is 28.3. The number of benzene rings is 8. The highest BCUT2D eigenvalue weighted by atomic mass is 32.1.